The van der Waals surface area contributed by atoms with Gasteiger partial charge in [-0.25, -0.2) is 9.59 Å². The number of hydrogen-bond acceptors (Lipinski definition) is 4. The van der Waals surface area contributed by atoms with Gasteiger partial charge in [0.05, 0.1) is 17.5 Å². The molecule has 0 aliphatic heterocycles. The quantitative estimate of drug-likeness (QED) is 0.611. The summed E-state index contributed by atoms with van der Waals surface area (Å²) in [5.74, 6) is 0.230. The number of benzene rings is 2. The minimum absolute atomic E-state index is 0.309. The fraction of sp³-hybridized carbons (Fsp3) is 0.300. The summed E-state index contributed by atoms with van der Waals surface area (Å²) in [7, 11) is 0. The van der Waals surface area contributed by atoms with Crippen LogP contribution in [0.1, 0.15) is 24.0 Å². The molecule has 0 atom stereocenters. The molecule has 0 saturated carbocycles. The van der Waals surface area contributed by atoms with Crippen LogP contribution < -0.4 is 16.1 Å². The average molecular weight is 374 g/mol. The van der Waals surface area contributed by atoms with E-state index in [1.54, 1.807) is 12.1 Å². The SMILES string of the molecule is Cc1cccc(OCCCCn2c(=O)oc(=O)c3cc(Cl)ccc32)c1C. The first-order valence-corrected chi connectivity index (χ1v) is 8.87. The highest BCUT2D eigenvalue weighted by atomic mass is 35.5. The Morgan fingerprint density at radius 1 is 1.12 bits per heavy atom. The molecule has 5 nitrogen and oxygen atoms in total. The van der Waals surface area contributed by atoms with Gasteiger partial charge in [0.15, 0.2) is 0 Å². The van der Waals surface area contributed by atoms with Crippen LogP contribution in [-0.4, -0.2) is 11.2 Å². The molecule has 6 heteroatoms. The largest absolute Gasteiger partial charge is 0.493 e. The molecule has 0 aliphatic carbocycles. The maximum Gasteiger partial charge on any atom is 0.422 e. The van der Waals surface area contributed by atoms with E-state index in [9.17, 15) is 9.59 Å². The van der Waals surface area contributed by atoms with Crippen LogP contribution in [0.25, 0.3) is 10.9 Å². The molecule has 26 heavy (non-hydrogen) atoms. The molecule has 0 fully saturated rings. The minimum Gasteiger partial charge on any atom is -0.493 e. The molecule has 0 amide bonds. The van der Waals surface area contributed by atoms with E-state index in [2.05, 4.69) is 13.0 Å². The molecule has 1 heterocycles. The van der Waals surface area contributed by atoms with E-state index in [1.807, 2.05) is 19.1 Å². The lowest BCUT2D eigenvalue weighted by Crippen LogP contribution is -2.25. The van der Waals surface area contributed by atoms with Crippen molar-refractivity contribution in [1.29, 1.82) is 0 Å². The van der Waals surface area contributed by atoms with Gasteiger partial charge in [0.2, 0.25) is 0 Å². The Morgan fingerprint density at radius 3 is 2.73 bits per heavy atom. The maximum absolute atomic E-state index is 12.0. The zero-order chi connectivity index (χ0) is 18.7. The third-order valence-corrected chi connectivity index (χ3v) is 4.69. The van der Waals surface area contributed by atoms with Crippen LogP contribution in [-0.2, 0) is 6.54 Å². The van der Waals surface area contributed by atoms with Crippen LogP contribution in [0.4, 0.5) is 0 Å². The van der Waals surface area contributed by atoms with E-state index >= 15 is 0 Å². The highest BCUT2D eigenvalue weighted by Crippen LogP contribution is 2.21. The maximum atomic E-state index is 12.0. The number of ether oxygens (including phenoxy) is 1. The lowest BCUT2D eigenvalue weighted by atomic mass is 10.1. The van der Waals surface area contributed by atoms with Gasteiger partial charge >= 0.3 is 11.4 Å². The summed E-state index contributed by atoms with van der Waals surface area (Å²) in [6, 6.07) is 10.8. The molecule has 3 rings (SSSR count). The first kappa shape index (κ1) is 18.3. The van der Waals surface area contributed by atoms with Crippen LogP contribution in [0.15, 0.2) is 50.4 Å². The Morgan fingerprint density at radius 2 is 1.92 bits per heavy atom. The summed E-state index contributed by atoms with van der Waals surface area (Å²) >= 11 is 5.93. The lowest BCUT2D eigenvalue weighted by molar-refractivity contribution is 0.299. The summed E-state index contributed by atoms with van der Waals surface area (Å²) in [6.45, 7) is 5.08. The van der Waals surface area contributed by atoms with Crippen molar-refractivity contribution in [3.63, 3.8) is 0 Å². The highest BCUT2D eigenvalue weighted by molar-refractivity contribution is 6.31. The number of unbranched alkanes of at least 4 members (excludes halogenated alkanes) is 1. The van der Waals surface area contributed by atoms with Crippen molar-refractivity contribution in [2.24, 2.45) is 0 Å². The second-order valence-corrected chi connectivity index (χ2v) is 6.66. The molecule has 0 radical (unpaired) electrons. The molecular weight excluding hydrogens is 354 g/mol. The Kier molecular flexibility index (Phi) is 5.47. The van der Waals surface area contributed by atoms with Crippen LogP contribution in [0.5, 0.6) is 5.75 Å². The zero-order valence-electron chi connectivity index (χ0n) is 14.8. The number of fused-ring (bicyclic) bond motifs is 1. The van der Waals surface area contributed by atoms with Crippen LogP contribution >= 0.6 is 11.6 Å². The van der Waals surface area contributed by atoms with E-state index < -0.39 is 11.4 Å². The van der Waals surface area contributed by atoms with Gasteiger partial charge in [0, 0.05) is 11.6 Å². The fourth-order valence-electron chi connectivity index (χ4n) is 2.84. The first-order chi connectivity index (χ1) is 12.5. The number of nitrogens with zero attached hydrogens (tertiary/aromatic N) is 1. The van der Waals surface area contributed by atoms with E-state index in [0.717, 1.165) is 24.2 Å². The molecule has 2 aromatic carbocycles. The highest BCUT2D eigenvalue weighted by Gasteiger charge is 2.10. The Balaban J connectivity index is 1.66. The van der Waals surface area contributed by atoms with Gasteiger partial charge in [-0.15, -0.1) is 0 Å². The molecule has 0 aliphatic rings. The summed E-state index contributed by atoms with van der Waals surface area (Å²) < 4.78 is 12.1. The number of halogens is 1. The number of aromatic nitrogens is 1. The molecule has 1 aromatic heterocycles. The van der Waals surface area contributed by atoms with Gasteiger partial charge in [-0.05, 0) is 62.1 Å². The molecule has 0 N–H and O–H groups in total. The van der Waals surface area contributed by atoms with Crippen LogP contribution in [0.2, 0.25) is 5.02 Å². The van der Waals surface area contributed by atoms with Crippen molar-refractivity contribution < 1.29 is 9.15 Å². The normalized spacial score (nSPS) is 11.0. The predicted molar refractivity (Wildman–Crippen MR) is 102 cm³/mol. The van der Waals surface area contributed by atoms with E-state index in [1.165, 1.54) is 16.2 Å². The van der Waals surface area contributed by atoms with Crippen molar-refractivity contribution in [2.75, 3.05) is 6.61 Å². The number of rotatable bonds is 6. The summed E-state index contributed by atoms with van der Waals surface area (Å²) in [5.41, 5.74) is 2.20. The number of hydrogen-bond donors (Lipinski definition) is 0. The summed E-state index contributed by atoms with van der Waals surface area (Å²) in [4.78, 5) is 23.9. The van der Waals surface area contributed by atoms with E-state index in [0.29, 0.717) is 29.1 Å². The average Bonchev–Trinajstić information content (AvgIpc) is 2.61. The third-order valence-electron chi connectivity index (χ3n) is 4.46. The van der Waals surface area contributed by atoms with E-state index in [4.69, 9.17) is 20.8 Å². The van der Waals surface area contributed by atoms with Gasteiger partial charge in [0.25, 0.3) is 0 Å². The topological polar surface area (TPSA) is 61.4 Å². The van der Waals surface area contributed by atoms with E-state index in [-0.39, 0.29) is 0 Å². The van der Waals surface area contributed by atoms with Gasteiger partial charge in [-0.2, -0.15) is 0 Å². The summed E-state index contributed by atoms with van der Waals surface area (Å²) in [5, 5.41) is 0.737. The van der Waals surface area contributed by atoms with Crippen molar-refractivity contribution in [3.05, 3.63) is 73.5 Å². The Bertz CT molecular complexity index is 1050. The van der Waals surface area contributed by atoms with Gasteiger partial charge in [-0.3, -0.25) is 4.57 Å². The second kappa shape index (κ2) is 7.79. The minimum atomic E-state index is -0.665. The fourth-order valence-corrected chi connectivity index (χ4v) is 3.01. The molecule has 3 aromatic rings. The summed E-state index contributed by atoms with van der Waals surface area (Å²) in [6.07, 6.45) is 1.49. The van der Waals surface area contributed by atoms with Crippen LogP contribution in [0, 0.1) is 13.8 Å². The second-order valence-electron chi connectivity index (χ2n) is 6.22. The first-order valence-electron chi connectivity index (χ1n) is 8.49. The molecule has 0 saturated heterocycles. The molecule has 0 unspecified atom stereocenters. The van der Waals surface area contributed by atoms with Gasteiger partial charge in [-0.1, -0.05) is 23.7 Å². The molecule has 136 valence electrons. The lowest BCUT2D eigenvalue weighted by Gasteiger charge is -2.11. The molecule has 0 bridgehead atoms. The van der Waals surface area contributed by atoms with Crippen molar-refractivity contribution in [1.82, 2.24) is 4.57 Å². The third kappa shape index (κ3) is 3.83. The van der Waals surface area contributed by atoms with Crippen molar-refractivity contribution in [2.45, 2.75) is 33.2 Å². The van der Waals surface area contributed by atoms with Gasteiger partial charge < -0.3 is 9.15 Å². The van der Waals surface area contributed by atoms with Crippen LogP contribution in [0.3, 0.4) is 0 Å². The van der Waals surface area contributed by atoms with Crippen molar-refractivity contribution in [3.8, 4) is 5.75 Å². The smallest absolute Gasteiger partial charge is 0.422 e. The molecular formula is C20H20ClNO4. The standard InChI is InChI=1S/C20H20ClNO4/c1-13-6-5-7-18(14(13)2)25-11-4-3-10-22-17-9-8-15(21)12-16(17)19(23)26-20(22)24/h5-9,12H,3-4,10-11H2,1-2H3. The predicted octanol–water partition coefficient (Wildman–Crippen LogP) is 4.08. The Labute approximate surface area is 155 Å². The Hall–Kier alpha value is -2.53. The number of aryl methyl sites for hydroxylation is 2. The van der Waals surface area contributed by atoms with Gasteiger partial charge in [0.1, 0.15) is 5.75 Å². The monoisotopic (exact) mass is 373 g/mol. The zero-order valence-corrected chi connectivity index (χ0v) is 15.5. The van der Waals surface area contributed by atoms with Crippen molar-refractivity contribution >= 4 is 22.5 Å². The molecule has 0 spiro atoms.